The number of carbonyl (C=O) groups is 2. The van der Waals surface area contributed by atoms with E-state index < -0.39 is 24.6 Å². The van der Waals surface area contributed by atoms with Crippen molar-refractivity contribution in [1.29, 1.82) is 0 Å². The molecule has 0 spiro atoms. The molecule has 1 atom stereocenters. The normalized spacial score (nSPS) is 11.9. The van der Waals surface area contributed by atoms with Crippen LogP contribution in [0.25, 0.3) is 6.08 Å². The van der Waals surface area contributed by atoms with Crippen molar-refractivity contribution in [3.63, 3.8) is 0 Å². The zero-order valence-corrected chi connectivity index (χ0v) is 16.6. The van der Waals surface area contributed by atoms with Gasteiger partial charge >= 0.3 is 12.6 Å². The van der Waals surface area contributed by atoms with E-state index in [1.165, 1.54) is 37.3 Å². The molecule has 2 rings (SSSR count). The lowest BCUT2D eigenvalue weighted by molar-refractivity contribution is -0.150. The molecule has 2 aromatic carbocycles. The molecule has 0 bridgehead atoms. The largest absolute Gasteiger partial charge is 0.497 e. The quantitative estimate of drug-likeness (QED) is 0.471. The van der Waals surface area contributed by atoms with Gasteiger partial charge in [0.2, 0.25) is 0 Å². The lowest BCUT2D eigenvalue weighted by atomic mass is 10.1. The number of hydrogen-bond donors (Lipinski definition) is 1. The summed E-state index contributed by atoms with van der Waals surface area (Å²) in [6.07, 6.45) is 2.27. The predicted molar refractivity (Wildman–Crippen MR) is 107 cm³/mol. The summed E-state index contributed by atoms with van der Waals surface area (Å²) in [5.41, 5.74) is 1.62. The van der Waals surface area contributed by atoms with Gasteiger partial charge in [0.1, 0.15) is 11.5 Å². The third kappa shape index (κ3) is 7.90. The Morgan fingerprint density at radius 2 is 1.67 bits per heavy atom. The molecule has 1 N–H and O–H groups in total. The van der Waals surface area contributed by atoms with Crippen molar-refractivity contribution in [2.45, 2.75) is 26.1 Å². The van der Waals surface area contributed by atoms with Gasteiger partial charge < -0.3 is 19.5 Å². The molecule has 8 heteroatoms. The van der Waals surface area contributed by atoms with Crippen molar-refractivity contribution in [1.82, 2.24) is 5.32 Å². The molecule has 0 aromatic heterocycles. The minimum atomic E-state index is -2.90. The van der Waals surface area contributed by atoms with Crippen LogP contribution < -0.4 is 14.8 Å². The Morgan fingerprint density at radius 1 is 1.03 bits per heavy atom. The van der Waals surface area contributed by atoms with E-state index in [9.17, 15) is 18.4 Å². The van der Waals surface area contributed by atoms with Crippen LogP contribution in [0.3, 0.4) is 0 Å². The van der Waals surface area contributed by atoms with E-state index in [1.54, 1.807) is 7.11 Å². The molecule has 0 saturated carbocycles. The van der Waals surface area contributed by atoms with Gasteiger partial charge in [-0.3, -0.25) is 4.79 Å². The highest BCUT2D eigenvalue weighted by Crippen LogP contribution is 2.15. The number of alkyl halides is 2. The fourth-order valence-electron chi connectivity index (χ4n) is 2.46. The van der Waals surface area contributed by atoms with Crippen molar-refractivity contribution in [3.8, 4) is 11.5 Å². The van der Waals surface area contributed by atoms with Crippen LogP contribution in [0, 0.1) is 0 Å². The van der Waals surface area contributed by atoms with Crippen LogP contribution >= 0.6 is 0 Å². The van der Waals surface area contributed by atoms with E-state index >= 15 is 0 Å². The van der Waals surface area contributed by atoms with Crippen molar-refractivity contribution < 1.29 is 32.6 Å². The first kappa shape index (κ1) is 22.9. The second kappa shape index (κ2) is 11.5. The smallest absolute Gasteiger partial charge is 0.387 e. The van der Waals surface area contributed by atoms with Crippen LogP contribution in [0.4, 0.5) is 8.78 Å². The van der Waals surface area contributed by atoms with Crippen molar-refractivity contribution in [2.75, 3.05) is 13.7 Å². The molecule has 30 heavy (non-hydrogen) atoms. The summed E-state index contributed by atoms with van der Waals surface area (Å²) in [7, 11) is 1.59. The monoisotopic (exact) mass is 419 g/mol. The highest BCUT2D eigenvalue weighted by atomic mass is 19.3. The molecule has 0 aliphatic rings. The summed E-state index contributed by atoms with van der Waals surface area (Å²) >= 11 is 0. The van der Waals surface area contributed by atoms with Gasteiger partial charge in [-0.25, -0.2) is 4.79 Å². The summed E-state index contributed by atoms with van der Waals surface area (Å²) in [4.78, 5) is 23.9. The third-order valence-corrected chi connectivity index (χ3v) is 4.05. The number of carbonyl (C=O) groups excluding carboxylic acids is 2. The highest BCUT2D eigenvalue weighted by Gasteiger charge is 2.15. The number of methoxy groups -OCH3 is 1. The summed E-state index contributed by atoms with van der Waals surface area (Å²) in [5, 5.41) is 2.71. The van der Waals surface area contributed by atoms with Crippen molar-refractivity contribution in [3.05, 3.63) is 65.7 Å². The van der Waals surface area contributed by atoms with Gasteiger partial charge in [0.05, 0.1) is 7.11 Å². The van der Waals surface area contributed by atoms with E-state index in [4.69, 9.17) is 9.47 Å². The molecule has 0 saturated heterocycles. The van der Waals surface area contributed by atoms with Gasteiger partial charge in [0, 0.05) is 12.6 Å². The van der Waals surface area contributed by atoms with E-state index in [0.717, 1.165) is 17.4 Å². The maximum atomic E-state index is 12.1. The van der Waals surface area contributed by atoms with E-state index in [1.807, 2.05) is 24.3 Å². The summed E-state index contributed by atoms with van der Waals surface area (Å²) < 4.78 is 38.6. The van der Waals surface area contributed by atoms with Gasteiger partial charge in [-0.2, -0.15) is 8.78 Å². The SMILES string of the molecule is COc1ccc(CCNC(=O)[C@H](C)OC(=O)/C=C/c2ccc(OC(F)F)cc2)cc1. The number of nitrogens with one attached hydrogen (secondary N) is 1. The van der Waals surface area contributed by atoms with Crippen LogP contribution in [0.2, 0.25) is 0 Å². The van der Waals surface area contributed by atoms with Crippen LogP contribution in [0.15, 0.2) is 54.6 Å². The van der Waals surface area contributed by atoms with E-state index in [-0.39, 0.29) is 5.75 Å². The molecule has 1 amide bonds. The molecule has 0 heterocycles. The minimum absolute atomic E-state index is 0.0182. The Balaban J connectivity index is 1.74. The fourth-order valence-corrected chi connectivity index (χ4v) is 2.46. The van der Waals surface area contributed by atoms with Gasteiger partial charge in [-0.1, -0.05) is 24.3 Å². The van der Waals surface area contributed by atoms with Crippen LogP contribution in [-0.2, 0) is 20.7 Å². The van der Waals surface area contributed by atoms with Gasteiger partial charge in [-0.15, -0.1) is 0 Å². The Bertz CT molecular complexity index is 851. The minimum Gasteiger partial charge on any atom is -0.497 e. The van der Waals surface area contributed by atoms with E-state index in [2.05, 4.69) is 10.1 Å². The predicted octanol–water partition coefficient (Wildman–Crippen LogP) is 3.60. The Morgan fingerprint density at radius 3 is 2.27 bits per heavy atom. The van der Waals surface area contributed by atoms with Gasteiger partial charge in [0.25, 0.3) is 5.91 Å². The summed E-state index contributed by atoms with van der Waals surface area (Å²) in [6, 6.07) is 13.2. The molecule has 2 aromatic rings. The zero-order valence-electron chi connectivity index (χ0n) is 16.6. The lowest BCUT2D eigenvalue weighted by Gasteiger charge is -2.12. The number of benzene rings is 2. The lowest BCUT2D eigenvalue weighted by Crippen LogP contribution is -2.36. The molecular formula is C22H23F2NO5. The van der Waals surface area contributed by atoms with Crippen molar-refractivity contribution >= 4 is 18.0 Å². The number of hydrogen-bond acceptors (Lipinski definition) is 5. The zero-order chi connectivity index (χ0) is 21.9. The maximum absolute atomic E-state index is 12.1. The van der Waals surface area contributed by atoms with Gasteiger partial charge in [-0.05, 0) is 54.8 Å². The standard InChI is InChI=1S/C22H23F2NO5/c1-15(21(27)25-14-13-17-3-8-18(28-2)9-4-17)29-20(26)12-7-16-5-10-19(11-6-16)30-22(23)24/h3-12,15,22H,13-14H2,1-2H3,(H,25,27)/b12-7+/t15-/m0/s1. The molecule has 0 aliphatic carbocycles. The first-order valence-electron chi connectivity index (χ1n) is 9.21. The Hall–Kier alpha value is -3.42. The Kier molecular flexibility index (Phi) is 8.80. The number of ether oxygens (including phenoxy) is 3. The number of esters is 1. The molecule has 0 unspecified atom stereocenters. The number of halogens is 2. The Labute approximate surface area is 173 Å². The molecular weight excluding hydrogens is 396 g/mol. The average molecular weight is 419 g/mol. The first-order valence-corrected chi connectivity index (χ1v) is 9.21. The molecule has 0 aliphatic heterocycles. The van der Waals surface area contributed by atoms with Crippen LogP contribution in [0.5, 0.6) is 11.5 Å². The number of rotatable bonds is 10. The summed E-state index contributed by atoms with van der Waals surface area (Å²) in [5.74, 6) is -0.321. The number of amides is 1. The third-order valence-electron chi connectivity index (χ3n) is 4.05. The second-order valence-corrected chi connectivity index (χ2v) is 6.25. The summed E-state index contributed by atoms with van der Waals surface area (Å²) in [6.45, 7) is -1.02. The van der Waals surface area contributed by atoms with Crippen LogP contribution in [-0.4, -0.2) is 38.2 Å². The second-order valence-electron chi connectivity index (χ2n) is 6.25. The molecule has 160 valence electrons. The molecule has 6 nitrogen and oxygen atoms in total. The molecule has 0 radical (unpaired) electrons. The highest BCUT2D eigenvalue weighted by molar-refractivity contribution is 5.90. The average Bonchev–Trinajstić information content (AvgIpc) is 2.73. The van der Waals surface area contributed by atoms with Gasteiger partial charge in [0.15, 0.2) is 6.10 Å². The first-order chi connectivity index (χ1) is 14.4. The maximum Gasteiger partial charge on any atom is 0.387 e. The van der Waals surface area contributed by atoms with Crippen molar-refractivity contribution in [2.24, 2.45) is 0 Å². The van der Waals surface area contributed by atoms with E-state index in [0.29, 0.717) is 18.5 Å². The van der Waals surface area contributed by atoms with Crippen LogP contribution in [0.1, 0.15) is 18.1 Å². The topological polar surface area (TPSA) is 73.9 Å². The molecule has 0 fully saturated rings. The fraction of sp³-hybridized carbons (Fsp3) is 0.273.